The smallest absolute Gasteiger partial charge is 0.229 e. The lowest BCUT2D eigenvalue weighted by atomic mass is 9.98. The van der Waals surface area contributed by atoms with Gasteiger partial charge in [-0.1, -0.05) is 109 Å². The van der Waals surface area contributed by atoms with Gasteiger partial charge in [0.2, 0.25) is 6.29 Å². The summed E-state index contributed by atoms with van der Waals surface area (Å²) in [7, 11) is 0. The predicted molar refractivity (Wildman–Crippen MR) is 157 cm³/mol. The molecule has 6 nitrogen and oxygen atoms in total. The van der Waals surface area contributed by atoms with Gasteiger partial charge in [-0.3, -0.25) is 0 Å². The maximum Gasteiger partial charge on any atom is 0.229 e. The summed E-state index contributed by atoms with van der Waals surface area (Å²) in [6, 6.07) is 35.8. The highest BCUT2D eigenvalue weighted by Gasteiger charge is 2.48. The first kappa shape index (κ1) is 29.0. The van der Waals surface area contributed by atoms with Crippen LogP contribution in [0.15, 0.2) is 109 Å². The minimum Gasteiger partial charge on any atom is -0.461 e. The fourth-order valence-corrected chi connectivity index (χ4v) is 5.02. The Hall–Kier alpha value is -3.52. The summed E-state index contributed by atoms with van der Waals surface area (Å²) >= 11 is 0. The number of para-hydroxylation sites is 1. The molecule has 214 valence electrons. The molecule has 0 aromatic heterocycles. The highest BCUT2D eigenvalue weighted by molar-refractivity contribution is 5.40. The number of aliphatic hydroxyl groups is 1. The summed E-state index contributed by atoms with van der Waals surface area (Å²) in [5.74, 6) is 0.686. The van der Waals surface area contributed by atoms with E-state index in [4.69, 9.17) is 23.7 Å². The maximum atomic E-state index is 11.6. The highest BCUT2D eigenvalue weighted by atomic mass is 16.7. The van der Waals surface area contributed by atoms with Crippen molar-refractivity contribution in [3.8, 4) is 5.75 Å². The number of aryl methyl sites for hydroxylation is 2. The molecule has 1 fully saturated rings. The van der Waals surface area contributed by atoms with E-state index in [9.17, 15) is 5.11 Å². The molecule has 41 heavy (non-hydrogen) atoms. The zero-order valence-electron chi connectivity index (χ0n) is 23.6. The molecule has 0 unspecified atom stereocenters. The molecule has 4 aromatic carbocycles. The molecule has 0 radical (unpaired) electrons. The third kappa shape index (κ3) is 7.82. The minimum absolute atomic E-state index is 0.235. The summed E-state index contributed by atoms with van der Waals surface area (Å²) < 4.78 is 31.8. The molecule has 0 bridgehead atoms. The van der Waals surface area contributed by atoms with Crippen LogP contribution in [0.4, 0.5) is 0 Å². The van der Waals surface area contributed by atoms with Crippen molar-refractivity contribution < 1.29 is 28.8 Å². The van der Waals surface area contributed by atoms with Crippen molar-refractivity contribution in [1.82, 2.24) is 0 Å². The van der Waals surface area contributed by atoms with Crippen LogP contribution < -0.4 is 4.74 Å². The van der Waals surface area contributed by atoms with Crippen molar-refractivity contribution in [2.24, 2.45) is 0 Å². The summed E-state index contributed by atoms with van der Waals surface area (Å²) in [5.41, 5.74) is 4.99. The Labute approximate surface area is 242 Å². The second-order valence-electron chi connectivity index (χ2n) is 10.4. The molecular formula is C35H38O6. The van der Waals surface area contributed by atoms with Gasteiger partial charge in [-0.25, -0.2) is 0 Å². The second-order valence-corrected chi connectivity index (χ2v) is 10.4. The Bertz CT molecular complexity index is 1310. The number of hydrogen-bond donors (Lipinski definition) is 1. The van der Waals surface area contributed by atoms with Gasteiger partial charge >= 0.3 is 0 Å². The van der Waals surface area contributed by atoms with Crippen molar-refractivity contribution in [3.05, 3.63) is 137 Å². The average molecular weight is 555 g/mol. The quantitative estimate of drug-likeness (QED) is 0.226. The summed E-state index contributed by atoms with van der Waals surface area (Å²) in [5, 5.41) is 11.6. The normalized spacial score (nSPS) is 22.4. The lowest BCUT2D eigenvalue weighted by Gasteiger charge is -2.44. The monoisotopic (exact) mass is 554 g/mol. The minimum atomic E-state index is -1.11. The molecule has 0 saturated carbocycles. The van der Waals surface area contributed by atoms with E-state index in [1.807, 2.05) is 123 Å². The topological polar surface area (TPSA) is 66.4 Å². The predicted octanol–water partition coefficient (Wildman–Crippen LogP) is 6.16. The van der Waals surface area contributed by atoms with Gasteiger partial charge in [0.1, 0.15) is 30.2 Å². The second kappa shape index (κ2) is 14.4. The first-order valence-corrected chi connectivity index (χ1v) is 14.1. The molecule has 0 aliphatic carbocycles. The first-order valence-electron chi connectivity index (χ1n) is 14.1. The van der Waals surface area contributed by atoms with Gasteiger partial charge in [-0.15, -0.1) is 0 Å². The van der Waals surface area contributed by atoms with Crippen molar-refractivity contribution in [2.45, 2.75) is 64.4 Å². The van der Waals surface area contributed by atoms with Crippen LogP contribution in [0.2, 0.25) is 0 Å². The molecule has 1 aliphatic heterocycles. The van der Waals surface area contributed by atoms with Gasteiger partial charge in [0.15, 0.2) is 0 Å². The SMILES string of the molecule is Cc1cccc(C)c1O[C@@H]1O[C@H](COCc2ccccc2)[C@@H](OCc2ccccc2)[C@H](OCc2ccccc2)[C@H]1O. The zero-order chi connectivity index (χ0) is 28.4. The van der Waals surface area contributed by atoms with Crippen molar-refractivity contribution >= 4 is 0 Å². The Kier molecular flexibility index (Phi) is 10.2. The van der Waals surface area contributed by atoms with E-state index in [1.54, 1.807) is 0 Å². The summed E-state index contributed by atoms with van der Waals surface area (Å²) in [4.78, 5) is 0. The van der Waals surface area contributed by atoms with Crippen molar-refractivity contribution in [3.63, 3.8) is 0 Å². The molecule has 5 rings (SSSR count). The van der Waals surface area contributed by atoms with Gasteiger partial charge < -0.3 is 28.8 Å². The molecule has 4 aromatic rings. The van der Waals surface area contributed by atoms with E-state index in [-0.39, 0.29) is 6.61 Å². The number of rotatable bonds is 12. The lowest BCUT2D eigenvalue weighted by Crippen LogP contribution is -2.61. The molecule has 0 amide bonds. The lowest BCUT2D eigenvalue weighted by molar-refractivity contribution is -0.299. The fraction of sp³-hybridized carbons (Fsp3) is 0.314. The van der Waals surface area contributed by atoms with Crippen molar-refractivity contribution in [1.29, 1.82) is 0 Å². The standard InChI is InChI=1S/C35H38O6/c1-25-13-12-14-26(2)32(25)41-35-31(36)34(39-23-29-19-10-5-11-20-29)33(38-22-28-17-8-4-9-18-28)30(40-35)24-37-21-27-15-6-3-7-16-27/h3-20,30-31,33-36H,21-24H2,1-2H3/t30-,31-,33-,34-,35+/m1/s1. The van der Waals surface area contributed by atoms with Crippen molar-refractivity contribution in [2.75, 3.05) is 6.61 Å². The van der Waals surface area contributed by atoms with Gasteiger partial charge in [0.05, 0.1) is 26.4 Å². The number of aliphatic hydroxyl groups excluding tert-OH is 1. The van der Waals surface area contributed by atoms with Gasteiger partial charge in [-0.2, -0.15) is 0 Å². The molecule has 1 aliphatic rings. The van der Waals surface area contributed by atoms with Crippen LogP contribution in [0.5, 0.6) is 5.75 Å². The maximum absolute atomic E-state index is 11.6. The van der Waals surface area contributed by atoms with Gasteiger partial charge in [0, 0.05) is 0 Å². The Balaban J connectivity index is 1.40. The van der Waals surface area contributed by atoms with E-state index in [1.165, 1.54) is 0 Å². The third-order valence-corrected chi connectivity index (χ3v) is 7.22. The highest BCUT2D eigenvalue weighted by Crippen LogP contribution is 2.32. The number of hydrogen-bond acceptors (Lipinski definition) is 6. The molecule has 1 N–H and O–H groups in total. The largest absolute Gasteiger partial charge is 0.461 e. The Morgan fingerprint density at radius 2 is 1.10 bits per heavy atom. The summed E-state index contributed by atoms with van der Waals surface area (Å²) in [6.45, 7) is 5.26. The van der Waals surface area contributed by atoms with Crippen LogP contribution in [0.3, 0.4) is 0 Å². The average Bonchev–Trinajstić information content (AvgIpc) is 3.00. The van der Waals surface area contributed by atoms with Crippen LogP contribution in [0, 0.1) is 13.8 Å². The van der Waals surface area contributed by atoms with E-state index in [2.05, 4.69) is 0 Å². The fourth-order valence-electron chi connectivity index (χ4n) is 5.02. The number of benzene rings is 4. The zero-order valence-corrected chi connectivity index (χ0v) is 23.6. The molecule has 1 saturated heterocycles. The molecular weight excluding hydrogens is 516 g/mol. The van der Waals surface area contributed by atoms with Crippen LogP contribution >= 0.6 is 0 Å². The molecule has 5 atom stereocenters. The van der Waals surface area contributed by atoms with Crippen LogP contribution in [-0.4, -0.2) is 42.4 Å². The van der Waals surface area contributed by atoms with E-state index < -0.39 is 30.7 Å². The molecule has 0 spiro atoms. The van der Waals surface area contributed by atoms with Crippen LogP contribution in [0.25, 0.3) is 0 Å². The first-order chi connectivity index (χ1) is 20.1. The van der Waals surface area contributed by atoms with Crippen LogP contribution in [0.1, 0.15) is 27.8 Å². The third-order valence-electron chi connectivity index (χ3n) is 7.22. The van der Waals surface area contributed by atoms with E-state index >= 15 is 0 Å². The van der Waals surface area contributed by atoms with Gasteiger partial charge in [-0.05, 0) is 41.7 Å². The van der Waals surface area contributed by atoms with Crippen LogP contribution in [-0.2, 0) is 38.8 Å². The Morgan fingerprint density at radius 1 is 0.610 bits per heavy atom. The van der Waals surface area contributed by atoms with E-state index in [0.717, 1.165) is 27.8 Å². The summed E-state index contributed by atoms with van der Waals surface area (Å²) in [6.07, 6.45) is -3.97. The Morgan fingerprint density at radius 3 is 1.63 bits per heavy atom. The van der Waals surface area contributed by atoms with Gasteiger partial charge in [0.25, 0.3) is 0 Å². The molecule has 1 heterocycles. The molecule has 6 heteroatoms. The van der Waals surface area contributed by atoms with E-state index in [0.29, 0.717) is 25.6 Å². The number of ether oxygens (including phenoxy) is 5.